The van der Waals surface area contributed by atoms with Gasteiger partial charge in [-0.1, -0.05) is 6.07 Å². The van der Waals surface area contributed by atoms with Crippen molar-refractivity contribution in [3.8, 4) is 0 Å². The second-order valence-electron chi connectivity index (χ2n) is 13.1. The van der Waals surface area contributed by atoms with Gasteiger partial charge in [-0.3, -0.25) is 14.6 Å². The molecule has 0 bridgehead atoms. The maximum absolute atomic E-state index is 14.4. The SMILES string of the molecule is COC1COCCC1C[C@@H]1C[C@H]2CN(C(=O)COC(C)(C)C)C[C@@]2(C(=O)N2CCc3ncc(C)cc3C2)C1. The first kappa shape index (κ1) is 27.5. The summed E-state index contributed by atoms with van der Waals surface area (Å²) in [5.41, 5.74) is 2.48. The number of aromatic nitrogens is 1. The standard InChI is InChI=1S/C30H45N3O5/c1-20-10-23-15-32(8-6-25(23)31-14-20)28(35)30-13-21(11-22-7-9-37-17-26(22)36-5)12-24(30)16-33(19-30)27(34)18-38-29(2,3)4/h10,14,21-22,24,26H,6-9,11-13,15-19H2,1-5H3/t21-,22?,24+,26?,30+/m1/s1. The molecule has 3 fully saturated rings. The van der Waals surface area contributed by atoms with Gasteiger partial charge in [0, 0.05) is 58.2 Å². The Balaban J connectivity index is 1.35. The normalized spacial score (nSPS) is 31.3. The number of methoxy groups -OCH3 is 1. The van der Waals surface area contributed by atoms with E-state index in [1.54, 1.807) is 7.11 Å². The molecule has 2 unspecified atom stereocenters. The highest BCUT2D eigenvalue weighted by Crippen LogP contribution is 2.54. The van der Waals surface area contributed by atoms with Crippen molar-refractivity contribution in [3.63, 3.8) is 0 Å². The van der Waals surface area contributed by atoms with Gasteiger partial charge in [0.05, 0.1) is 23.7 Å². The van der Waals surface area contributed by atoms with Gasteiger partial charge in [0.25, 0.3) is 0 Å². The first-order valence-electron chi connectivity index (χ1n) is 14.3. The number of hydrogen-bond donors (Lipinski definition) is 0. The van der Waals surface area contributed by atoms with E-state index in [4.69, 9.17) is 14.2 Å². The molecule has 8 nitrogen and oxygen atoms in total. The number of ether oxygens (including phenoxy) is 3. The summed E-state index contributed by atoms with van der Waals surface area (Å²) in [6.07, 6.45) is 6.70. The van der Waals surface area contributed by atoms with E-state index in [0.717, 1.165) is 55.5 Å². The summed E-state index contributed by atoms with van der Waals surface area (Å²) in [7, 11) is 1.77. The fourth-order valence-electron chi connectivity index (χ4n) is 7.32. The summed E-state index contributed by atoms with van der Waals surface area (Å²) in [4.78, 5) is 36.2. The summed E-state index contributed by atoms with van der Waals surface area (Å²) >= 11 is 0. The minimum atomic E-state index is -0.523. The number of amides is 2. The van der Waals surface area contributed by atoms with Crippen LogP contribution in [-0.2, 0) is 36.8 Å². The van der Waals surface area contributed by atoms with Crippen LogP contribution in [0.25, 0.3) is 0 Å². The number of fused-ring (bicyclic) bond motifs is 2. The second kappa shape index (κ2) is 10.9. The molecule has 5 rings (SSSR count). The van der Waals surface area contributed by atoms with Crippen molar-refractivity contribution >= 4 is 11.8 Å². The van der Waals surface area contributed by atoms with Crippen LogP contribution in [0.1, 0.15) is 63.3 Å². The van der Waals surface area contributed by atoms with E-state index < -0.39 is 5.41 Å². The van der Waals surface area contributed by atoms with Gasteiger partial charge in [-0.2, -0.15) is 0 Å². The highest BCUT2D eigenvalue weighted by Gasteiger charge is 2.59. The molecule has 1 aliphatic carbocycles. The maximum atomic E-state index is 14.4. The van der Waals surface area contributed by atoms with Crippen molar-refractivity contribution in [2.75, 3.05) is 46.6 Å². The van der Waals surface area contributed by atoms with Crippen LogP contribution in [0.5, 0.6) is 0 Å². The summed E-state index contributed by atoms with van der Waals surface area (Å²) in [6.45, 7) is 11.9. The van der Waals surface area contributed by atoms with Crippen LogP contribution >= 0.6 is 0 Å². The predicted molar refractivity (Wildman–Crippen MR) is 143 cm³/mol. The van der Waals surface area contributed by atoms with Crippen molar-refractivity contribution in [2.24, 2.45) is 23.2 Å². The third-order valence-corrected chi connectivity index (χ3v) is 9.22. The summed E-state index contributed by atoms with van der Waals surface area (Å²) < 4.78 is 17.2. The molecule has 2 saturated heterocycles. The lowest BCUT2D eigenvalue weighted by molar-refractivity contribution is -0.145. The third kappa shape index (κ3) is 5.63. The van der Waals surface area contributed by atoms with Gasteiger partial charge in [0.1, 0.15) is 6.61 Å². The van der Waals surface area contributed by atoms with Gasteiger partial charge in [-0.15, -0.1) is 0 Å². The van der Waals surface area contributed by atoms with Crippen LogP contribution < -0.4 is 0 Å². The minimum absolute atomic E-state index is 0.00857. The van der Waals surface area contributed by atoms with Gasteiger partial charge < -0.3 is 24.0 Å². The maximum Gasteiger partial charge on any atom is 0.248 e. The van der Waals surface area contributed by atoms with Crippen molar-refractivity contribution < 1.29 is 23.8 Å². The number of aryl methyl sites for hydroxylation is 1. The average Bonchev–Trinajstić information content (AvgIpc) is 3.41. The Morgan fingerprint density at radius 3 is 2.84 bits per heavy atom. The first-order chi connectivity index (χ1) is 18.1. The molecule has 1 saturated carbocycles. The zero-order valence-corrected chi connectivity index (χ0v) is 23.8. The molecular weight excluding hydrogens is 482 g/mol. The Bertz CT molecular complexity index is 1040. The molecule has 0 radical (unpaired) electrons. The lowest BCUT2D eigenvalue weighted by Gasteiger charge is -2.37. The quantitative estimate of drug-likeness (QED) is 0.564. The molecule has 8 heteroatoms. The molecule has 1 aromatic heterocycles. The Morgan fingerprint density at radius 1 is 1.26 bits per heavy atom. The summed E-state index contributed by atoms with van der Waals surface area (Å²) in [5.74, 6) is 1.30. The van der Waals surface area contributed by atoms with Crippen LogP contribution in [0.3, 0.4) is 0 Å². The van der Waals surface area contributed by atoms with Crippen molar-refractivity contribution in [1.82, 2.24) is 14.8 Å². The van der Waals surface area contributed by atoms with Gasteiger partial charge in [0.15, 0.2) is 0 Å². The Kier molecular flexibility index (Phi) is 7.87. The molecule has 0 aromatic carbocycles. The zero-order valence-electron chi connectivity index (χ0n) is 23.8. The monoisotopic (exact) mass is 527 g/mol. The zero-order chi connectivity index (χ0) is 27.1. The molecule has 2 amide bonds. The van der Waals surface area contributed by atoms with Gasteiger partial charge in [-0.25, -0.2) is 0 Å². The van der Waals surface area contributed by atoms with Gasteiger partial charge >= 0.3 is 0 Å². The molecule has 4 heterocycles. The van der Waals surface area contributed by atoms with E-state index in [9.17, 15) is 9.59 Å². The molecule has 5 atom stereocenters. The summed E-state index contributed by atoms with van der Waals surface area (Å²) in [5, 5.41) is 0. The fourth-order valence-corrected chi connectivity index (χ4v) is 7.32. The van der Waals surface area contributed by atoms with E-state index in [0.29, 0.717) is 44.6 Å². The average molecular weight is 528 g/mol. The molecular formula is C30H45N3O5. The van der Waals surface area contributed by atoms with E-state index in [1.807, 2.05) is 43.7 Å². The molecule has 0 N–H and O–H groups in total. The van der Waals surface area contributed by atoms with Crippen LogP contribution in [0.4, 0.5) is 0 Å². The first-order valence-corrected chi connectivity index (χ1v) is 14.3. The number of carbonyl (C=O) groups is 2. The van der Waals surface area contributed by atoms with Gasteiger partial charge in [-0.05, 0) is 82.3 Å². The largest absolute Gasteiger partial charge is 0.379 e. The number of hydrogen-bond acceptors (Lipinski definition) is 6. The Morgan fingerprint density at radius 2 is 2.08 bits per heavy atom. The smallest absolute Gasteiger partial charge is 0.248 e. The van der Waals surface area contributed by atoms with Crippen LogP contribution in [-0.4, -0.2) is 84.9 Å². The Labute approximate surface area is 227 Å². The highest BCUT2D eigenvalue weighted by atomic mass is 16.5. The van der Waals surface area contributed by atoms with Crippen LogP contribution in [0, 0.1) is 30.1 Å². The molecule has 1 aromatic rings. The van der Waals surface area contributed by atoms with Crippen LogP contribution in [0.2, 0.25) is 0 Å². The van der Waals surface area contributed by atoms with Gasteiger partial charge in [0.2, 0.25) is 11.8 Å². The molecule has 0 spiro atoms. The fraction of sp³-hybridized carbons (Fsp3) is 0.767. The van der Waals surface area contributed by atoms with Crippen molar-refractivity contribution in [3.05, 3.63) is 29.1 Å². The number of likely N-dealkylation sites (tertiary alicyclic amines) is 1. The highest BCUT2D eigenvalue weighted by molar-refractivity contribution is 5.87. The third-order valence-electron chi connectivity index (χ3n) is 9.22. The lowest BCUT2D eigenvalue weighted by Crippen LogP contribution is -2.49. The topological polar surface area (TPSA) is 81.2 Å². The molecule has 4 aliphatic rings. The minimum Gasteiger partial charge on any atom is -0.379 e. The molecule has 38 heavy (non-hydrogen) atoms. The summed E-state index contributed by atoms with van der Waals surface area (Å²) in [6, 6.07) is 2.17. The second-order valence-corrected chi connectivity index (χ2v) is 13.1. The van der Waals surface area contributed by atoms with E-state index in [1.165, 1.54) is 0 Å². The molecule has 210 valence electrons. The van der Waals surface area contributed by atoms with E-state index in [-0.39, 0.29) is 36.0 Å². The Hall–Kier alpha value is -2.03. The number of pyridine rings is 1. The van der Waals surface area contributed by atoms with E-state index in [2.05, 4.69) is 11.1 Å². The van der Waals surface area contributed by atoms with Crippen LogP contribution in [0.15, 0.2) is 12.3 Å². The number of rotatable bonds is 6. The predicted octanol–water partition coefficient (Wildman–Crippen LogP) is 3.39. The van der Waals surface area contributed by atoms with Crippen molar-refractivity contribution in [1.29, 1.82) is 0 Å². The van der Waals surface area contributed by atoms with Crippen molar-refractivity contribution in [2.45, 2.75) is 78.0 Å². The number of carbonyl (C=O) groups excluding carboxylic acids is 2. The molecule has 3 aliphatic heterocycles. The lowest BCUT2D eigenvalue weighted by atomic mass is 9.78. The number of nitrogens with zero attached hydrogens (tertiary/aromatic N) is 3. The van der Waals surface area contributed by atoms with E-state index >= 15 is 0 Å².